The van der Waals surface area contributed by atoms with Crippen LogP contribution in [0.2, 0.25) is 0 Å². The van der Waals surface area contributed by atoms with Crippen molar-refractivity contribution < 1.29 is 0 Å². The minimum atomic E-state index is 0.518. The van der Waals surface area contributed by atoms with E-state index in [-0.39, 0.29) is 0 Å². The van der Waals surface area contributed by atoms with Crippen LogP contribution in [0.3, 0.4) is 0 Å². The van der Waals surface area contributed by atoms with Gasteiger partial charge in [0, 0.05) is 0 Å². The molecule has 20 heavy (non-hydrogen) atoms. The number of hydrogen-bond acceptors (Lipinski definition) is 0. The topological polar surface area (TPSA) is 0 Å². The zero-order valence-corrected chi connectivity index (χ0v) is 12.6. The maximum Gasteiger partial charge on any atom is -0.00693 e. The van der Waals surface area contributed by atoms with Crippen molar-refractivity contribution in [1.82, 2.24) is 0 Å². The van der Waals surface area contributed by atoms with Crippen molar-refractivity contribution in [1.29, 1.82) is 0 Å². The second-order valence-corrected chi connectivity index (χ2v) is 5.49. The van der Waals surface area contributed by atoms with E-state index in [9.17, 15) is 0 Å². The molecule has 0 fully saturated rings. The van der Waals surface area contributed by atoms with Gasteiger partial charge in [0.1, 0.15) is 0 Å². The Bertz CT molecular complexity index is 604. The summed E-state index contributed by atoms with van der Waals surface area (Å²) in [5.41, 5.74) is 6.17. The summed E-state index contributed by atoms with van der Waals surface area (Å²) in [6, 6.07) is 8.70. The molecule has 0 aromatic heterocycles. The third-order valence-corrected chi connectivity index (χ3v) is 3.34. The van der Waals surface area contributed by atoms with Gasteiger partial charge in [-0.05, 0) is 36.5 Å². The Balaban J connectivity index is 2.39. The molecule has 2 rings (SSSR count). The Kier molecular flexibility index (Phi) is 4.57. The van der Waals surface area contributed by atoms with Gasteiger partial charge in [-0.15, -0.1) is 0 Å². The van der Waals surface area contributed by atoms with Crippen LogP contribution in [0.15, 0.2) is 78.4 Å². The van der Waals surface area contributed by atoms with Crippen molar-refractivity contribution in [2.75, 3.05) is 0 Å². The van der Waals surface area contributed by atoms with Gasteiger partial charge in [0.05, 0.1) is 0 Å². The largest absolute Gasteiger partial charge is 0.0961 e. The lowest BCUT2D eigenvalue weighted by Crippen LogP contribution is -1.87. The Morgan fingerprint density at radius 2 is 1.90 bits per heavy atom. The Labute approximate surface area is 122 Å². The average Bonchev–Trinajstić information content (AvgIpc) is 2.82. The van der Waals surface area contributed by atoms with Crippen molar-refractivity contribution in [2.45, 2.75) is 20.8 Å². The zero-order chi connectivity index (χ0) is 14.5. The lowest BCUT2D eigenvalue weighted by atomic mass is 9.97. The maximum absolute atomic E-state index is 3.90. The molecule has 1 aromatic carbocycles. The molecule has 0 heterocycles. The molecule has 0 N–H and O–H groups in total. The fourth-order valence-corrected chi connectivity index (χ4v) is 2.23. The molecule has 1 unspecified atom stereocenters. The molecular weight excluding hydrogens is 240 g/mol. The van der Waals surface area contributed by atoms with E-state index in [1.807, 2.05) is 13.0 Å². The molecule has 0 amide bonds. The van der Waals surface area contributed by atoms with E-state index < -0.39 is 0 Å². The fourth-order valence-electron chi connectivity index (χ4n) is 2.23. The van der Waals surface area contributed by atoms with E-state index in [0.717, 1.165) is 5.57 Å². The summed E-state index contributed by atoms with van der Waals surface area (Å²) in [4.78, 5) is 0. The lowest BCUT2D eigenvalue weighted by Gasteiger charge is -2.08. The predicted molar refractivity (Wildman–Crippen MR) is 89.5 cm³/mol. The van der Waals surface area contributed by atoms with Crippen molar-refractivity contribution in [3.05, 3.63) is 89.6 Å². The standard InChI is InChI=1S/C20H22/c1-15(2)6-5-7-20(19-13-10-17(4)14-19)18-11-8-16(3)9-12-18/h5-14,17H,1H2,2-4H3/b6-5-,20-7-. The Morgan fingerprint density at radius 1 is 1.20 bits per heavy atom. The van der Waals surface area contributed by atoms with E-state index in [1.165, 1.54) is 22.3 Å². The van der Waals surface area contributed by atoms with Gasteiger partial charge in [-0.1, -0.05) is 85.4 Å². The predicted octanol–water partition coefficient (Wildman–Crippen LogP) is 5.64. The second-order valence-electron chi connectivity index (χ2n) is 5.49. The molecule has 0 heteroatoms. The number of allylic oxidation sites excluding steroid dienone is 9. The van der Waals surface area contributed by atoms with Gasteiger partial charge < -0.3 is 0 Å². The van der Waals surface area contributed by atoms with E-state index in [0.29, 0.717) is 5.92 Å². The van der Waals surface area contributed by atoms with Crippen LogP contribution >= 0.6 is 0 Å². The van der Waals surface area contributed by atoms with Gasteiger partial charge in [-0.3, -0.25) is 0 Å². The molecular formula is C20H22. The van der Waals surface area contributed by atoms with Crippen LogP contribution in [0.5, 0.6) is 0 Å². The molecule has 1 aliphatic rings. The molecule has 1 aromatic rings. The molecule has 0 saturated heterocycles. The summed E-state index contributed by atoms with van der Waals surface area (Å²) in [7, 11) is 0. The molecule has 0 radical (unpaired) electrons. The summed E-state index contributed by atoms with van der Waals surface area (Å²) < 4.78 is 0. The minimum absolute atomic E-state index is 0.518. The monoisotopic (exact) mass is 262 g/mol. The first kappa shape index (κ1) is 14.3. The van der Waals surface area contributed by atoms with E-state index in [1.54, 1.807) is 0 Å². The number of benzene rings is 1. The summed E-state index contributed by atoms with van der Waals surface area (Å²) in [5.74, 6) is 0.518. The third-order valence-electron chi connectivity index (χ3n) is 3.34. The molecule has 0 nitrogen and oxygen atoms in total. The van der Waals surface area contributed by atoms with Crippen LogP contribution in [0.1, 0.15) is 25.0 Å². The SMILES string of the molecule is C=C(C)/C=C\C=C(/C1=CC(C)C=C1)c1ccc(C)cc1. The van der Waals surface area contributed by atoms with Crippen LogP contribution in [-0.4, -0.2) is 0 Å². The van der Waals surface area contributed by atoms with Crippen LogP contribution < -0.4 is 0 Å². The third kappa shape index (κ3) is 3.71. The highest BCUT2D eigenvalue weighted by molar-refractivity contribution is 5.83. The van der Waals surface area contributed by atoms with Gasteiger partial charge in [-0.2, -0.15) is 0 Å². The Morgan fingerprint density at radius 3 is 2.45 bits per heavy atom. The first-order chi connectivity index (χ1) is 9.56. The van der Waals surface area contributed by atoms with Gasteiger partial charge in [-0.25, -0.2) is 0 Å². The van der Waals surface area contributed by atoms with Crippen molar-refractivity contribution in [3.8, 4) is 0 Å². The molecule has 0 bridgehead atoms. The number of aryl methyl sites for hydroxylation is 1. The highest BCUT2D eigenvalue weighted by Gasteiger charge is 2.10. The molecule has 0 aliphatic heterocycles. The van der Waals surface area contributed by atoms with Crippen LogP contribution in [0, 0.1) is 12.8 Å². The maximum atomic E-state index is 3.90. The highest BCUT2D eigenvalue weighted by atomic mass is 14.1. The fraction of sp³-hybridized carbons (Fsp3) is 0.200. The van der Waals surface area contributed by atoms with Gasteiger partial charge >= 0.3 is 0 Å². The van der Waals surface area contributed by atoms with Gasteiger partial charge in [0.15, 0.2) is 0 Å². The number of hydrogen-bond donors (Lipinski definition) is 0. The first-order valence-corrected chi connectivity index (χ1v) is 7.07. The van der Waals surface area contributed by atoms with Gasteiger partial charge in [0.2, 0.25) is 0 Å². The molecule has 1 atom stereocenters. The summed E-state index contributed by atoms with van der Waals surface area (Å²) in [6.45, 7) is 10.2. The zero-order valence-electron chi connectivity index (χ0n) is 12.6. The minimum Gasteiger partial charge on any atom is -0.0961 e. The average molecular weight is 262 g/mol. The summed E-state index contributed by atoms with van der Waals surface area (Å²) in [6.07, 6.45) is 13.0. The van der Waals surface area contributed by atoms with Crippen LogP contribution in [0.4, 0.5) is 0 Å². The molecule has 0 spiro atoms. The summed E-state index contributed by atoms with van der Waals surface area (Å²) >= 11 is 0. The second kappa shape index (κ2) is 6.38. The lowest BCUT2D eigenvalue weighted by molar-refractivity contribution is 0.957. The van der Waals surface area contributed by atoms with E-state index in [4.69, 9.17) is 0 Å². The Hall–Kier alpha value is -2.08. The van der Waals surface area contributed by atoms with E-state index in [2.05, 4.69) is 75.1 Å². The van der Waals surface area contributed by atoms with Crippen molar-refractivity contribution in [2.24, 2.45) is 5.92 Å². The smallest absolute Gasteiger partial charge is 0.00693 e. The van der Waals surface area contributed by atoms with Crippen molar-refractivity contribution in [3.63, 3.8) is 0 Å². The summed E-state index contributed by atoms with van der Waals surface area (Å²) in [5, 5.41) is 0. The normalized spacial score (nSPS) is 18.6. The van der Waals surface area contributed by atoms with Gasteiger partial charge in [0.25, 0.3) is 0 Å². The van der Waals surface area contributed by atoms with Crippen molar-refractivity contribution >= 4 is 5.57 Å². The molecule has 0 saturated carbocycles. The number of rotatable bonds is 4. The van der Waals surface area contributed by atoms with Crippen LogP contribution in [0.25, 0.3) is 5.57 Å². The quantitative estimate of drug-likeness (QED) is 0.616. The van der Waals surface area contributed by atoms with Crippen LogP contribution in [-0.2, 0) is 0 Å². The molecule has 102 valence electrons. The highest BCUT2D eigenvalue weighted by Crippen LogP contribution is 2.29. The first-order valence-electron chi connectivity index (χ1n) is 7.07. The van der Waals surface area contributed by atoms with E-state index >= 15 is 0 Å². The molecule has 1 aliphatic carbocycles.